The average Bonchev–Trinajstić information content (AvgIpc) is 2.74. The summed E-state index contributed by atoms with van der Waals surface area (Å²) in [4.78, 5) is 7.21. The van der Waals surface area contributed by atoms with Gasteiger partial charge in [-0.3, -0.25) is 4.90 Å². The Balaban J connectivity index is 1.45. The maximum Gasteiger partial charge on any atom is 0.191 e. The number of rotatable bonds is 8. The zero-order chi connectivity index (χ0) is 19.4. The molecule has 5 nitrogen and oxygen atoms in total. The Labute approximate surface area is 170 Å². The van der Waals surface area contributed by atoms with Crippen molar-refractivity contribution in [1.82, 2.24) is 15.5 Å². The molecule has 1 aromatic rings. The summed E-state index contributed by atoms with van der Waals surface area (Å²) >= 11 is 0. The zero-order valence-electron chi connectivity index (χ0n) is 17.4. The summed E-state index contributed by atoms with van der Waals surface area (Å²) in [5.74, 6) is 0.913. The molecule has 2 N–H and O–H groups in total. The van der Waals surface area contributed by atoms with Gasteiger partial charge >= 0.3 is 0 Å². The summed E-state index contributed by atoms with van der Waals surface area (Å²) in [7, 11) is 0. The highest BCUT2D eigenvalue weighted by Crippen LogP contribution is 2.19. The molecule has 1 heterocycles. The van der Waals surface area contributed by atoms with Crippen molar-refractivity contribution in [3.05, 3.63) is 47.0 Å². The monoisotopic (exact) mass is 384 g/mol. The number of allylic oxidation sites excluding steroid dienone is 1. The smallest absolute Gasteiger partial charge is 0.191 e. The van der Waals surface area contributed by atoms with Crippen LogP contribution < -0.4 is 10.6 Å². The SMILES string of the molecule is CCNC(=NCc1ccc(CN2CCOCC2)cc1)NCCC1=CCCCC1. The van der Waals surface area contributed by atoms with E-state index in [4.69, 9.17) is 9.73 Å². The van der Waals surface area contributed by atoms with Crippen molar-refractivity contribution in [2.24, 2.45) is 4.99 Å². The van der Waals surface area contributed by atoms with Crippen molar-refractivity contribution < 1.29 is 4.74 Å². The summed E-state index contributed by atoms with van der Waals surface area (Å²) in [5.41, 5.74) is 4.21. The molecule has 154 valence electrons. The summed E-state index contributed by atoms with van der Waals surface area (Å²) in [6.45, 7) is 9.42. The van der Waals surface area contributed by atoms with E-state index in [1.54, 1.807) is 5.57 Å². The first-order chi connectivity index (χ1) is 13.8. The van der Waals surface area contributed by atoms with Crippen LogP contribution in [0.2, 0.25) is 0 Å². The molecule has 5 heteroatoms. The minimum absolute atomic E-state index is 0.704. The number of hydrogen-bond donors (Lipinski definition) is 2. The minimum Gasteiger partial charge on any atom is -0.379 e. The number of hydrogen-bond acceptors (Lipinski definition) is 3. The lowest BCUT2D eigenvalue weighted by Crippen LogP contribution is -2.37. The molecule has 28 heavy (non-hydrogen) atoms. The van der Waals surface area contributed by atoms with Crippen molar-refractivity contribution >= 4 is 5.96 Å². The molecular formula is C23H36N4O. The standard InChI is InChI=1S/C23H36N4O/c1-2-24-23(25-13-12-20-6-4-3-5-7-20)26-18-21-8-10-22(11-9-21)19-27-14-16-28-17-15-27/h6,8-11H,2-5,7,12-19H2,1H3,(H2,24,25,26). The van der Waals surface area contributed by atoms with Gasteiger partial charge in [-0.1, -0.05) is 35.9 Å². The van der Waals surface area contributed by atoms with Crippen molar-refractivity contribution in [3.63, 3.8) is 0 Å². The normalized spacial score (nSPS) is 18.6. The molecule has 1 aromatic carbocycles. The average molecular weight is 385 g/mol. The van der Waals surface area contributed by atoms with Crippen LogP contribution in [0.25, 0.3) is 0 Å². The van der Waals surface area contributed by atoms with Gasteiger partial charge in [-0.05, 0) is 50.2 Å². The fourth-order valence-corrected chi connectivity index (χ4v) is 3.75. The molecule has 0 radical (unpaired) electrons. The Hall–Kier alpha value is -1.85. The van der Waals surface area contributed by atoms with Crippen LogP contribution in [0.15, 0.2) is 40.9 Å². The van der Waals surface area contributed by atoms with E-state index >= 15 is 0 Å². The van der Waals surface area contributed by atoms with E-state index < -0.39 is 0 Å². The Morgan fingerprint density at radius 1 is 1.07 bits per heavy atom. The Bertz CT molecular complexity index is 633. The topological polar surface area (TPSA) is 48.9 Å². The number of nitrogens with one attached hydrogen (secondary N) is 2. The Morgan fingerprint density at radius 2 is 1.86 bits per heavy atom. The van der Waals surface area contributed by atoms with E-state index in [0.29, 0.717) is 6.54 Å². The van der Waals surface area contributed by atoms with Gasteiger partial charge < -0.3 is 15.4 Å². The van der Waals surface area contributed by atoms with Crippen molar-refractivity contribution in [1.29, 1.82) is 0 Å². The Morgan fingerprint density at radius 3 is 2.57 bits per heavy atom. The lowest BCUT2D eigenvalue weighted by atomic mass is 9.97. The minimum atomic E-state index is 0.704. The van der Waals surface area contributed by atoms with Gasteiger partial charge in [0.1, 0.15) is 0 Å². The highest BCUT2D eigenvalue weighted by atomic mass is 16.5. The molecule has 0 aromatic heterocycles. The molecule has 0 atom stereocenters. The van der Waals surface area contributed by atoms with E-state index in [9.17, 15) is 0 Å². The molecule has 1 aliphatic heterocycles. The fourth-order valence-electron chi connectivity index (χ4n) is 3.75. The van der Waals surface area contributed by atoms with Gasteiger partial charge in [-0.2, -0.15) is 0 Å². The first-order valence-corrected chi connectivity index (χ1v) is 10.9. The molecule has 1 aliphatic carbocycles. The second kappa shape index (κ2) is 11.9. The molecule has 0 bridgehead atoms. The van der Waals surface area contributed by atoms with Gasteiger partial charge in [-0.25, -0.2) is 4.99 Å². The number of guanidine groups is 1. The maximum atomic E-state index is 5.42. The third kappa shape index (κ3) is 7.28. The predicted molar refractivity (Wildman–Crippen MR) is 117 cm³/mol. The van der Waals surface area contributed by atoms with Gasteiger partial charge in [0.15, 0.2) is 5.96 Å². The first kappa shape index (κ1) is 20.9. The van der Waals surface area contributed by atoms with Crippen molar-refractivity contribution in [2.45, 2.75) is 52.1 Å². The summed E-state index contributed by atoms with van der Waals surface area (Å²) < 4.78 is 5.42. The van der Waals surface area contributed by atoms with Crippen LogP contribution in [-0.2, 0) is 17.8 Å². The number of morpholine rings is 1. The molecule has 2 aliphatic rings. The summed E-state index contributed by atoms with van der Waals surface area (Å²) in [6, 6.07) is 8.87. The number of nitrogens with zero attached hydrogens (tertiary/aromatic N) is 2. The predicted octanol–water partition coefficient (Wildman–Crippen LogP) is 3.46. The van der Waals surface area contributed by atoms with Gasteiger partial charge in [-0.15, -0.1) is 0 Å². The van der Waals surface area contributed by atoms with Crippen LogP contribution in [0.3, 0.4) is 0 Å². The van der Waals surface area contributed by atoms with Crippen LogP contribution in [0, 0.1) is 0 Å². The molecular weight excluding hydrogens is 348 g/mol. The van der Waals surface area contributed by atoms with Crippen LogP contribution in [0.1, 0.15) is 50.2 Å². The second-order valence-corrected chi connectivity index (χ2v) is 7.69. The van der Waals surface area contributed by atoms with Crippen molar-refractivity contribution in [3.8, 4) is 0 Å². The lowest BCUT2D eigenvalue weighted by Gasteiger charge is -2.26. The van der Waals surface area contributed by atoms with Crippen LogP contribution in [0.5, 0.6) is 0 Å². The molecule has 1 fully saturated rings. The van der Waals surface area contributed by atoms with Crippen LogP contribution in [-0.4, -0.2) is 50.3 Å². The quantitative estimate of drug-likeness (QED) is 0.409. The number of aliphatic imine (C=N–C) groups is 1. The molecule has 0 unspecified atom stereocenters. The lowest BCUT2D eigenvalue weighted by molar-refractivity contribution is 0.0342. The van der Waals surface area contributed by atoms with E-state index in [2.05, 4.69) is 52.8 Å². The van der Waals surface area contributed by atoms with Crippen molar-refractivity contribution in [2.75, 3.05) is 39.4 Å². The second-order valence-electron chi connectivity index (χ2n) is 7.69. The third-order valence-electron chi connectivity index (χ3n) is 5.42. The van der Waals surface area contributed by atoms with E-state index in [1.165, 1.54) is 36.8 Å². The van der Waals surface area contributed by atoms with Crippen LogP contribution >= 0.6 is 0 Å². The zero-order valence-corrected chi connectivity index (χ0v) is 17.4. The summed E-state index contributed by atoms with van der Waals surface area (Å²) in [5, 5.41) is 6.84. The Kier molecular flexibility index (Phi) is 8.85. The van der Waals surface area contributed by atoms with Gasteiger partial charge in [0, 0.05) is 32.7 Å². The highest BCUT2D eigenvalue weighted by Gasteiger charge is 2.10. The molecule has 3 rings (SSSR count). The largest absolute Gasteiger partial charge is 0.379 e. The fraction of sp³-hybridized carbons (Fsp3) is 0.609. The first-order valence-electron chi connectivity index (χ1n) is 10.9. The maximum absolute atomic E-state index is 5.42. The van der Waals surface area contributed by atoms with Gasteiger partial charge in [0.05, 0.1) is 19.8 Å². The molecule has 0 spiro atoms. The molecule has 0 amide bonds. The van der Waals surface area contributed by atoms with E-state index in [-0.39, 0.29) is 0 Å². The van der Waals surface area contributed by atoms with Gasteiger partial charge in [0.25, 0.3) is 0 Å². The van der Waals surface area contributed by atoms with Crippen LogP contribution in [0.4, 0.5) is 0 Å². The summed E-state index contributed by atoms with van der Waals surface area (Å²) in [6.07, 6.45) is 8.78. The molecule has 0 saturated carbocycles. The highest BCUT2D eigenvalue weighted by molar-refractivity contribution is 5.79. The van der Waals surface area contributed by atoms with E-state index in [0.717, 1.165) is 58.3 Å². The number of benzene rings is 1. The molecule has 1 saturated heterocycles. The number of ether oxygens (including phenoxy) is 1. The van der Waals surface area contributed by atoms with Gasteiger partial charge in [0.2, 0.25) is 0 Å². The third-order valence-corrected chi connectivity index (χ3v) is 5.42. The van der Waals surface area contributed by atoms with E-state index in [1.807, 2.05) is 0 Å².